The standard InChI is InChI=1S/C21H16Br2N2O3S/c1-2-28-21(27)17(12-24)20-25(16-9-7-15(23)8-10-16)19(26)18(29-20)11-13-3-5-14(22)6-4-13/h3-10,18H,2,11H2,1H3/b20-17-/t18-/m0/s1. The molecule has 0 radical (unpaired) electrons. The number of carbonyl (C=O) groups is 2. The Hall–Kier alpha value is -2.08. The lowest BCUT2D eigenvalue weighted by Gasteiger charge is -2.18. The summed E-state index contributed by atoms with van der Waals surface area (Å²) in [6.45, 7) is 1.82. The third-order valence-corrected chi connectivity index (χ3v) is 6.50. The third kappa shape index (κ3) is 4.92. The molecule has 0 aliphatic carbocycles. The lowest BCUT2D eigenvalue weighted by molar-refractivity contribution is -0.138. The van der Waals surface area contributed by atoms with E-state index in [0.29, 0.717) is 17.1 Å². The van der Waals surface area contributed by atoms with E-state index < -0.39 is 11.2 Å². The molecule has 148 valence electrons. The van der Waals surface area contributed by atoms with Gasteiger partial charge in [-0.2, -0.15) is 5.26 Å². The van der Waals surface area contributed by atoms with Crippen LogP contribution in [-0.2, 0) is 20.7 Å². The molecular formula is C21H16Br2N2O3S. The molecule has 0 saturated carbocycles. The minimum atomic E-state index is -0.725. The first-order chi connectivity index (χ1) is 13.9. The van der Waals surface area contributed by atoms with Crippen LogP contribution in [0.3, 0.4) is 0 Å². The summed E-state index contributed by atoms with van der Waals surface area (Å²) >= 11 is 8.01. The molecule has 0 unspecified atom stereocenters. The van der Waals surface area contributed by atoms with E-state index >= 15 is 0 Å². The Morgan fingerprint density at radius 3 is 2.28 bits per heavy atom. The summed E-state index contributed by atoms with van der Waals surface area (Å²) < 4.78 is 6.85. The van der Waals surface area contributed by atoms with Gasteiger partial charge in [0.05, 0.1) is 11.9 Å². The zero-order valence-electron chi connectivity index (χ0n) is 15.4. The lowest BCUT2D eigenvalue weighted by atomic mass is 10.1. The molecule has 1 aliphatic heterocycles. The first-order valence-electron chi connectivity index (χ1n) is 8.76. The number of benzene rings is 2. The highest BCUT2D eigenvalue weighted by molar-refractivity contribution is 9.10. The number of thioether (sulfide) groups is 1. The number of anilines is 1. The molecule has 0 spiro atoms. The summed E-state index contributed by atoms with van der Waals surface area (Å²) in [4.78, 5) is 27.0. The average Bonchev–Trinajstić information content (AvgIpc) is 3.01. The highest BCUT2D eigenvalue weighted by Crippen LogP contribution is 2.42. The van der Waals surface area contributed by atoms with Crippen molar-refractivity contribution in [3.05, 3.63) is 73.6 Å². The second-order valence-corrected chi connectivity index (χ2v) is 9.12. The highest BCUT2D eigenvalue weighted by Gasteiger charge is 2.41. The van der Waals surface area contributed by atoms with E-state index in [9.17, 15) is 14.9 Å². The molecule has 0 aromatic heterocycles. The molecule has 1 aliphatic rings. The smallest absolute Gasteiger partial charge is 0.351 e. The molecule has 1 saturated heterocycles. The van der Waals surface area contributed by atoms with E-state index in [4.69, 9.17) is 4.74 Å². The first kappa shape index (κ1) is 21.6. The topological polar surface area (TPSA) is 70.4 Å². The van der Waals surface area contributed by atoms with Gasteiger partial charge in [-0.05, 0) is 55.3 Å². The monoisotopic (exact) mass is 534 g/mol. The van der Waals surface area contributed by atoms with E-state index in [0.717, 1.165) is 14.5 Å². The molecule has 8 heteroatoms. The van der Waals surface area contributed by atoms with Crippen molar-refractivity contribution in [3.63, 3.8) is 0 Å². The summed E-state index contributed by atoms with van der Waals surface area (Å²) in [6.07, 6.45) is 0.481. The molecule has 2 aromatic carbocycles. The number of halogens is 2. The van der Waals surface area contributed by atoms with Crippen molar-refractivity contribution in [2.75, 3.05) is 11.5 Å². The Morgan fingerprint density at radius 2 is 1.72 bits per heavy atom. The average molecular weight is 536 g/mol. The Balaban J connectivity index is 2.02. The molecular weight excluding hydrogens is 520 g/mol. The van der Waals surface area contributed by atoms with Crippen LogP contribution in [0.2, 0.25) is 0 Å². The predicted molar refractivity (Wildman–Crippen MR) is 120 cm³/mol. The molecule has 0 bridgehead atoms. The number of nitriles is 1. The number of nitrogens with zero attached hydrogens (tertiary/aromatic N) is 2. The molecule has 1 fully saturated rings. The fraction of sp³-hybridized carbons (Fsp3) is 0.190. The number of rotatable bonds is 5. The summed E-state index contributed by atoms with van der Waals surface area (Å²) in [6, 6.07) is 16.8. The van der Waals surface area contributed by atoms with Gasteiger partial charge in [0.15, 0.2) is 5.57 Å². The maximum Gasteiger partial charge on any atom is 0.351 e. The largest absolute Gasteiger partial charge is 0.462 e. The van der Waals surface area contributed by atoms with Crippen LogP contribution in [-0.4, -0.2) is 23.7 Å². The van der Waals surface area contributed by atoms with Gasteiger partial charge in [0.1, 0.15) is 11.1 Å². The zero-order chi connectivity index (χ0) is 21.0. The van der Waals surface area contributed by atoms with Crippen molar-refractivity contribution in [2.45, 2.75) is 18.6 Å². The van der Waals surface area contributed by atoms with Crippen molar-refractivity contribution >= 4 is 61.2 Å². The Kier molecular flexibility index (Phi) is 7.17. The minimum absolute atomic E-state index is 0.149. The van der Waals surface area contributed by atoms with E-state index in [1.54, 1.807) is 19.1 Å². The predicted octanol–water partition coefficient (Wildman–Crippen LogP) is 5.20. The highest BCUT2D eigenvalue weighted by atomic mass is 79.9. The summed E-state index contributed by atoms with van der Waals surface area (Å²) in [5, 5.41) is 9.47. The van der Waals surface area contributed by atoms with Crippen LogP contribution in [0, 0.1) is 11.3 Å². The van der Waals surface area contributed by atoms with Crippen LogP contribution in [0.25, 0.3) is 0 Å². The SMILES string of the molecule is CCOC(=O)/C(C#N)=C1\S[C@@H](Cc2ccc(Br)cc2)C(=O)N1c1ccc(Br)cc1. The van der Waals surface area contributed by atoms with Crippen molar-refractivity contribution in [1.29, 1.82) is 5.26 Å². The van der Waals surface area contributed by atoms with E-state index in [1.165, 1.54) is 16.7 Å². The van der Waals surface area contributed by atoms with Gasteiger partial charge in [-0.1, -0.05) is 55.8 Å². The van der Waals surface area contributed by atoms with Gasteiger partial charge in [0, 0.05) is 14.6 Å². The Labute approximate surface area is 190 Å². The Morgan fingerprint density at radius 1 is 1.14 bits per heavy atom. The Bertz CT molecular complexity index is 998. The molecule has 0 N–H and O–H groups in total. The lowest BCUT2D eigenvalue weighted by Crippen LogP contribution is -2.30. The molecule has 5 nitrogen and oxygen atoms in total. The first-order valence-corrected chi connectivity index (χ1v) is 11.2. The van der Waals surface area contributed by atoms with E-state index in [2.05, 4.69) is 31.9 Å². The van der Waals surface area contributed by atoms with Gasteiger partial charge in [-0.25, -0.2) is 4.79 Å². The fourth-order valence-corrected chi connectivity index (χ4v) is 4.66. The van der Waals surface area contributed by atoms with Gasteiger partial charge >= 0.3 is 5.97 Å². The molecule has 2 aromatic rings. The summed E-state index contributed by atoms with van der Waals surface area (Å²) in [5.41, 5.74) is 1.42. The maximum absolute atomic E-state index is 13.3. The third-order valence-electron chi connectivity index (χ3n) is 4.18. The molecule has 1 heterocycles. The maximum atomic E-state index is 13.3. The number of ether oxygens (including phenoxy) is 1. The second kappa shape index (κ2) is 9.61. The normalized spacial score (nSPS) is 17.8. The van der Waals surface area contributed by atoms with Crippen LogP contribution in [0.15, 0.2) is 68.1 Å². The van der Waals surface area contributed by atoms with Gasteiger partial charge in [-0.15, -0.1) is 0 Å². The van der Waals surface area contributed by atoms with Crippen molar-refractivity contribution in [3.8, 4) is 6.07 Å². The van der Waals surface area contributed by atoms with E-state index in [-0.39, 0.29) is 18.1 Å². The van der Waals surface area contributed by atoms with Crippen LogP contribution in [0.1, 0.15) is 12.5 Å². The van der Waals surface area contributed by atoms with Crippen LogP contribution in [0.4, 0.5) is 5.69 Å². The number of hydrogen-bond acceptors (Lipinski definition) is 5. The number of amides is 1. The molecule has 3 rings (SSSR count). The van der Waals surface area contributed by atoms with Crippen molar-refractivity contribution in [1.82, 2.24) is 0 Å². The number of hydrogen-bond donors (Lipinski definition) is 0. The molecule has 1 atom stereocenters. The van der Waals surface area contributed by atoms with Crippen molar-refractivity contribution < 1.29 is 14.3 Å². The number of esters is 1. The second-order valence-electron chi connectivity index (χ2n) is 6.10. The van der Waals surface area contributed by atoms with Gasteiger partial charge in [0.25, 0.3) is 0 Å². The van der Waals surface area contributed by atoms with Crippen LogP contribution < -0.4 is 4.90 Å². The number of carbonyl (C=O) groups excluding carboxylic acids is 2. The van der Waals surface area contributed by atoms with Gasteiger partial charge in [0.2, 0.25) is 5.91 Å². The molecule has 1 amide bonds. The quantitative estimate of drug-likeness (QED) is 0.299. The zero-order valence-corrected chi connectivity index (χ0v) is 19.4. The van der Waals surface area contributed by atoms with Crippen molar-refractivity contribution in [2.24, 2.45) is 0 Å². The fourth-order valence-electron chi connectivity index (χ4n) is 2.83. The minimum Gasteiger partial charge on any atom is -0.462 e. The van der Waals surface area contributed by atoms with Gasteiger partial charge < -0.3 is 4.74 Å². The molecule has 29 heavy (non-hydrogen) atoms. The van der Waals surface area contributed by atoms with E-state index in [1.807, 2.05) is 42.5 Å². The summed E-state index contributed by atoms with van der Waals surface area (Å²) in [7, 11) is 0. The summed E-state index contributed by atoms with van der Waals surface area (Å²) in [5.74, 6) is -0.899. The van der Waals surface area contributed by atoms with Crippen LogP contribution >= 0.6 is 43.6 Å². The van der Waals surface area contributed by atoms with Crippen LogP contribution in [0.5, 0.6) is 0 Å². The van der Waals surface area contributed by atoms with Gasteiger partial charge in [-0.3, -0.25) is 9.69 Å².